The maximum atomic E-state index is 14.1. The summed E-state index contributed by atoms with van der Waals surface area (Å²) in [5.41, 5.74) is -0.617. The molecule has 0 heterocycles. The number of carbonyl (C=O) groups is 1. The second-order valence-electron chi connectivity index (χ2n) is 5.31. The Bertz CT molecular complexity index is 929. The van der Waals surface area contributed by atoms with Crippen LogP contribution < -0.4 is 5.32 Å². The van der Waals surface area contributed by atoms with Crippen LogP contribution in [0.4, 0.5) is 18.9 Å². The monoisotopic (exact) mass is 386 g/mol. The second kappa shape index (κ2) is 7.88. The van der Waals surface area contributed by atoms with Crippen LogP contribution in [0.5, 0.6) is 0 Å². The summed E-state index contributed by atoms with van der Waals surface area (Å²) >= 11 is 0. The number of hydrogen-bond donors (Lipinski definition) is 1. The molecule has 1 N–H and O–H groups in total. The summed E-state index contributed by atoms with van der Waals surface area (Å²) in [4.78, 5) is 11.6. The number of carbonyl (C=O) groups excluding carboxylic acids is 1. The SMILES string of the molecule is CCN(CC)S(=O)(=O)c1cc(C(=O)Nc2cc(F)ccc2F)ccc1F. The molecule has 2 aromatic rings. The smallest absolute Gasteiger partial charge is 0.255 e. The Morgan fingerprint density at radius 2 is 1.62 bits per heavy atom. The molecular formula is C17H17F3N2O3S. The van der Waals surface area contributed by atoms with Crippen LogP contribution in [-0.2, 0) is 10.0 Å². The number of halogens is 3. The van der Waals surface area contributed by atoms with Crippen molar-refractivity contribution in [3.63, 3.8) is 0 Å². The van der Waals surface area contributed by atoms with E-state index in [0.29, 0.717) is 0 Å². The highest BCUT2D eigenvalue weighted by atomic mass is 32.2. The highest BCUT2D eigenvalue weighted by molar-refractivity contribution is 7.89. The van der Waals surface area contributed by atoms with Crippen LogP contribution in [0.1, 0.15) is 24.2 Å². The molecule has 5 nitrogen and oxygen atoms in total. The Balaban J connectivity index is 2.40. The molecule has 0 aromatic heterocycles. The van der Waals surface area contributed by atoms with Crippen LogP contribution in [0.25, 0.3) is 0 Å². The van der Waals surface area contributed by atoms with Gasteiger partial charge >= 0.3 is 0 Å². The van der Waals surface area contributed by atoms with Gasteiger partial charge in [0.15, 0.2) is 0 Å². The lowest BCUT2D eigenvalue weighted by Crippen LogP contribution is -2.31. The van der Waals surface area contributed by atoms with Crippen LogP contribution >= 0.6 is 0 Å². The number of amides is 1. The first kappa shape index (κ1) is 19.9. The fourth-order valence-electron chi connectivity index (χ4n) is 2.33. The summed E-state index contributed by atoms with van der Waals surface area (Å²) in [6.45, 7) is 3.46. The molecule has 0 bridgehead atoms. The summed E-state index contributed by atoms with van der Waals surface area (Å²) in [6.07, 6.45) is 0. The number of anilines is 1. The number of rotatable bonds is 6. The lowest BCUT2D eigenvalue weighted by Gasteiger charge is -2.19. The van der Waals surface area contributed by atoms with E-state index in [0.717, 1.165) is 40.7 Å². The van der Waals surface area contributed by atoms with Crippen LogP contribution in [0.3, 0.4) is 0 Å². The van der Waals surface area contributed by atoms with E-state index >= 15 is 0 Å². The molecule has 0 radical (unpaired) electrons. The maximum Gasteiger partial charge on any atom is 0.255 e. The molecule has 1 amide bonds. The van der Waals surface area contributed by atoms with E-state index in [1.165, 1.54) is 0 Å². The van der Waals surface area contributed by atoms with Gasteiger partial charge in [-0.1, -0.05) is 13.8 Å². The minimum Gasteiger partial charge on any atom is -0.319 e. The molecule has 26 heavy (non-hydrogen) atoms. The third kappa shape index (κ3) is 4.05. The number of nitrogens with one attached hydrogen (secondary N) is 1. The van der Waals surface area contributed by atoms with E-state index in [9.17, 15) is 26.4 Å². The summed E-state index contributed by atoms with van der Waals surface area (Å²) in [5, 5.41) is 2.14. The van der Waals surface area contributed by atoms with E-state index in [-0.39, 0.29) is 18.7 Å². The van der Waals surface area contributed by atoms with Crippen molar-refractivity contribution in [1.82, 2.24) is 4.31 Å². The van der Waals surface area contributed by atoms with Gasteiger partial charge in [-0.3, -0.25) is 4.79 Å². The van der Waals surface area contributed by atoms with Crippen molar-refractivity contribution in [3.8, 4) is 0 Å². The van der Waals surface area contributed by atoms with Gasteiger partial charge in [-0.05, 0) is 30.3 Å². The first-order valence-electron chi connectivity index (χ1n) is 7.76. The molecule has 0 saturated carbocycles. The molecule has 0 saturated heterocycles. The normalized spacial score (nSPS) is 11.6. The molecule has 0 fully saturated rings. The van der Waals surface area contributed by atoms with Gasteiger partial charge in [-0.2, -0.15) is 4.31 Å². The third-order valence-corrected chi connectivity index (χ3v) is 5.76. The van der Waals surface area contributed by atoms with Gasteiger partial charge in [0.1, 0.15) is 22.3 Å². The molecular weight excluding hydrogens is 369 g/mol. The molecule has 0 spiro atoms. The zero-order chi connectivity index (χ0) is 19.5. The molecule has 0 unspecified atom stereocenters. The van der Waals surface area contributed by atoms with Gasteiger partial charge < -0.3 is 5.32 Å². The molecule has 0 aliphatic carbocycles. The number of hydrogen-bond acceptors (Lipinski definition) is 3. The lowest BCUT2D eigenvalue weighted by molar-refractivity contribution is 0.102. The molecule has 2 aromatic carbocycles. The predicted octanol–water partition coefficient (Wildman–Crippen LogP) is 3.39. The zero-order valence-corrected chi connectivity index (χ0v) is 14.9. The fourth-order valence-corrected chi connectivity index (χ4v) is 3.88. The van der Waals surface area contributed by atoms with Crippen molar-refractivity contribution < 1.29 is 26.4 Å². The summed E-state index contributed by atoms with van der Waals surface area (Å²) in [7, 11) is -4.13. The van der Waals surface area contributed by atoms with Crippen molar-refractivity contribution >= 4 is 21.6 Å². The molecule has 0 aliphatic rings. The Morgan fingerprint density at radius 3 is 2.23 bits per heavy atom. The topological polar surface area (TPSA) is 66.5 Å². The van der Waals surface area contributed by atoms with Crippen molar-refractivity contribution in [3.05, 3.63) is 59.4 Å². The molecule has 2 rings (SSSR count). The van der Waals surface area contributed by atoms with Crippen molar-refractivity contribution in [2.24, 2.45) is 0 Å². The maximum absolute atomic E-state index is 14.1. The Labute approximate surface area is 149 Å². The van der Waals surface area contributed by atoms with Crippen LogP contribution in [-0.4, -0.2) is 31.7 Å². The largest absolute Gasteiger partial charge is 0.319 e. The highest BCUT2D eigenvalue weighted by Gasteiger charge is 2.26. The van der Waals surface area contributed by atoms with Crippen LogP contribution in [0, 0.1) is 17.5 Å². The first-order valence-corrected chi connectivity index (χ1v) is 9.20. The summed E-state index contributed by atoms with van der Waals surface area (Å²) < 4.78 is 66.9. The van der Waals surface area contributed by atoms with Gasteiger partial charge in [0.25, 0.3) is 5.91 Å². The van der Waals surface area contributed by atoms with Gasteiger partial charge in [0.2, 0.25) is 10.0 Å². The van der Waals surface area contributed by atoms with Crippen molar-refractivity contribution in [1.29, 1.82) is 0 Å². The summed E-state index contributed by atoms with van der Waals surface area (Å²) in [6, 6.07) is 5.28. The first-order chi connectivity index (χ1) is 12.2. The molecule has 0 atom stereocenters. The van der Waals surface area contributed by atoms with E-state index in [1.807, 2.05) is 0 Å². The standard InChI is InChI=1S/C17H17F3N2O3S/c1-3-22(4-2)26(24,25)16-9-11(5-7-14(16)20)17(23)21-15-10-12(18)6-8-13(15)19/h5-10H,3-4H2,1-2H3,(H,21,23). The second-order valence-corrected chi connectivity index (χ2v) is 7.22. The number of benzene rings is 2. The van der Waals surface area contributed by atoms with E-state index in [1.54, 1.807) is 13.8 Å². The minimum absolute atomic E-state index is 0.128. The average molecular weight is 386 g/mol. The van der Waals surface area contributed by atoms with Gasteiger partial charge in [0, 0.05) is 24.7 Å². The summed E-state index contributed by atoms with van der Waals surface area (Å²) in [5.74, 6) is -3.53. The molecule has 140 valence electrons. The lowest BCUT2D eigenvalue weighted by atomic mass is 10.2. The van der Waals surface area contributed by atoms with Crippen LogP contribution in [0.2, 0.25) is 0 Å². The molecule has 0 aliphatic heterocycles. The van der Waals surface area contributed by atoms with Gasteiger partial charge in [0.05, 0.1) is 5.69 Å². The van der Waals surface area contributed by atoms with Crippen LogP contribution in [0.15, 0.2) is 41.3 Å². The quantitative estimate of drug-likeness (QED) is 0.828. The van der Waals surface area contributed by atoms with E-state index in [4.69, 9.17) is 0 Å². The number of sulfonamides is 1. The Morgan fingerprint density at radius 1 is 1.00 bits per heavy atom. The average Bonchev–Trinajstić information content (AvgIpc) is 2.59. The zero-order valence-electron chi connectivity index (χ0n) is 14.1. The number of nitrogens with zero attached hydrogens (tertiary/aromatic N) is 1. The highest BCUT2D eigenvalue weighted by Crippen LogP contribution is 2.22. The van der Waals surface area contributed by atoms with Gasteiger partial charge in [-0.15, -0.1) is 0 Å². The van der Waals surface area contributed by atoms with E-state index in [2.05, 4.69) is 5.32 Å². The minimum atomic E-state index is -4.13. The molecule has 9 heteroatoms. The third-order valence-electron chi connectivity index (χ3n) is 3.69. The van der Waals surface area contributed by atoms with Crippen molar-refractivity contribution in [2.45, 2.75) is 18.7 Å². The van der Waals surface area contributed by atoms with E-state index < -0.39 is 44.0 Å². The van der Waals surface area contributed by atoms with Gasteiger partial charge in [-0.25, -0.2) is 21.6 Å². The van der Waals surface area contributed by atoms with Crippen molar-refractivity contribution in [2.75, 3.05) is 18.4 Å². The Hall–Kier alpha value is -2.39. The fraction of sp³-hybridized carbons (Fsp3) is 0.235. The Kier molecular flexibility index (Phi) is 6.04. The predicted molar refractivity (Wildman–Crippen MR) is 90.8 cm³/mol.